The number of hydrogen-bond acceptors (Lipinski definition) is 8. The number of hydrogen-bond donors (Lipinski definition) is 1. The van der Waals surface area contributed by atoms with Gasteiger partial charge in [-0.15, -0.1) is 10.2 Å². The molecule has 3 aliphatic rings. The molecule has 0 spiro atoms. The van der Waals surface area contributed by atoms with Gasteiger partial charge in [0.2, 0.25) is 0 Å². The number of rotatable bonds is 5. The third-order valence-corrected chi connectivity index (χ3v) is 7.92. The quantitative estimate of drug-likeness (QED) is 0.548. The molecule has 0 aliphatic carbocycles. The summed E-state index contributed by atoms with van der Waals surface area (Å²) in [5.41, 5.74) is 2.49. The highest BCUT2D eigenvalue weighted by atomic mass is 16.5. The van der Waals surface area contributed by atoms with E-state index in [1.807, 2.05) is 24.3 Å². The topological polar surface area (TPSA) is 118 Å². The standard InChI is InChI=1S/C27H32N8O3/c1-16-7-6-12-33(16)23-13-17-18(20(30-23)15-38-26(37)28-4)14-34(25(17)36)21-9-5-8-19(29-21)24-32-31-22-10-11-27(2,3)35(22)24/h5,8-9,13,16H,6-7,10-12,14-15H2,1-4H3,(H,28,37)/t16-/m1/s1. The highest BCUT2D eigenvalue weighted by Crippen LogP contribution is 2.37. The van der Waals surface area contributed by atoms with Gasteiger partial charge in [0.1, 0.15) is 29.8 Å². The molecule has 0 radical (unpaired) electrons. The summed E-state index contributed by atoms with van der Waals surface area (Å²) in [5.74, 6) is 2.79. The molecule has 1 saturated heterocycles. The minimum Gasteiger partial charge on any atom is -0.443 e. The normalized spacial score (nSPS) is 19.6. The van der Waals surface area contributed by atoms with Gasteiger partial charge in [0.15, 0.2) is 5.82 Å². The minimum atomic E-state index is -0.542. The zero-order valence-electron chi connectivity index (χ0n) is 22.2. The SMILES string of the molecule is CNC(=O)OCc1nc(N2CCC[C@H]2C)cc2c1CN(c1cccc(-c3nnc4n3C(C)(C)CC4)n1)C2=O. The molecule has 0 bridgehead atoms. The van der Waals surface area contributed by atoms with Crippen LogP contribution in [0.15, 0.2) is 24.3 Å². The molecule has 2 amide bonds. The predicted octanol–water partition coefficient (Wildman–Crippen LogP) is 3.42. The summed E-state index contributed by atoms with van der Waals surface area (Å²) in [6.45, 7) is 7.67. The van der Waals surface area contributed by atoms with Crippen LogP contribution in [0.4, 0.5) is 16.4 Å². The van der Waals surface area contributed by atoms with Crippen LogP contribution >= 0.6 is 0 Å². The third-order valence-electron chi connectivity index (χ3n) is 7.92. The Hall–Kier alpha value is -4.02. The molecule has 3 aromatic heterocycles. The number of carbonyl (C=O) groups excluding carboxylic acids is 2. The lowest BCUT2D eigenvalue weighted by molar-refractivity contribution is 0.0996. The maximum Gasteiger partial charge on any atom is 0.407 e. The van der Waals surface area contributed by atoms with Crippen LogP contribution in [-0.2, 0) is 29.8 Å². The van der Waals surface area contributed by atoms with Crippen molar-refractivity contribution in [2.75, 3.05) is 23.4 Å². The molecule has 6 heterocycles. The molecule has 3 aromatic rings. The van der Waals surface area contributed by atoms with E-state index in [-0.39, 0.29) is 18.1 Å². The summed E-state index contributed by atoms with van der Waals surface area (Å²) in [6.07, 6.45) is 3.48. The Labute approximate surface area is 221 Å². The lowest BCUT2D eigenvalue weighted by Gasteiger charge is -2.24. The van der Waals surface area contributed by atoms with E-state index in [1.165, 1.54) is 7.05 Å². The average molecular weight is 517 g/mol. The van der Waals surface area contributed by atoms with E-state index in [9.17, 15) is 9.59 Å². The van der Waals surface area contributed by atoms with Gasteiger partial charge in [-0.2, -0.15) is 0 Å². The Bertz CT molecular complexity index is 1430. The maximum atomic E-state index is 13.8. The van der Waals surface area contributed by atoms with E-state index in [0.717, 1.165) is 49.4 Å². The van der Waals surface area contributed by atoms with Gasteiger partial charge in [-0.1, -0.05) is 6.07 Å². The Morgan fingerprint density at radius 3 is 2.82 bits per heavy atom. The van der Waals surface area contributed by atoms with Crippen molar-refractivity contribution in [1.29, 1.82) is 0 Å². The Balaban J connectivity index is 1.36. The molecule has 0 saturated carbocycles. The second kappa shape index (κ2) is 9.07. The molecule has 198 valence electrons. The number of nitrogens with zero attached hydrogens (tertiary/aromatic N) is 7. The molecule has 1 N–H and O–H groups in total. The highest BCUT2D eigenvalue weighted by Gasteiger charge is 2.36. The van der Waals surface area contributed by atoms with Crippen LogP contribution in [0.1, 0.15) is 67.5 Å². The lowest BCUT2D eigenvalue weighted by atomic mass is 10.0. The number of nitrogens with one attached hydrogen (secondary N) is 1. The van der Waals surface area contributed by atoms with E-state index < -0.39 is 6.09 Å². The molecule has 11 nitrogen and oxygen atoms in total. The van der Waals surface area contributed by atoms with Gasteiger partial charge in [0, 0.05) is 37.2 Å². The fourth-order valence-electron chi connectivity index (χ4n) is 5.79. The maximum absolute atomic E-state index is 13.8. The Morgan fingerprint density at radius 2 is 2.05 bits per heavy atom. The number of amides is 2. The van der Waals surface area contributed by atoms with Crippen LogP contribution < -0.4 is 15.1 Å². The number of pyridine rings is 2. The van der Waals surface area contributed by atoms with Crippen LogP contribution in [0.2, 0.25) is 0 Å². The van der Waals surface area contributed by atoms with Crippen LogP contribution in [-0.4, -0.2) is 56.4 Å². The largest absolute Gasteiger partial charge is 0.443 e. The fourth-order valence-corrected chi connectivity index (χ4v) is 5.79. The minimum absolute atomic E-state index is 0.0202. The number of fused-ring (bicyclic) bond motifs is 2. The number of carbonyl (C=O) groups is 2. The van der Waals surface area contributed by atoms with Gasteiger partial charge in [0.25, 0.3) is 5.91 Å². The second-order valence-corrected chi connectivity index (χ2v) is 10.8. The fraction of sp³-hybridized carbons (Fsp3) is 0.481. The molecule has 1 fully saturated rings. The van der Waals surface area contributed by atoms with Crippen molar-refractivity contribution in [2.45, 2.75) is 71.2 Å². The summed E-state index contributed by atoms with van der Waals surface area (Å²) in [6, 6.07) is 7.83. The third kappa shape index (κ3) is 3.97. The Morgan fingerprint density at radius 1 is 1.21 bits per heavy atom. The van der Waals surface area contributed by atoms with Crippen molar-refractivity contribution in [2.24, 2.45) is 0 Å². The van der Waals surface area contributed by atoms with Gasteiger partial charge in [-0.3, -0.25) is 9.69 Å². The van der Waals surface area contributed by atoms with E-state index in [1.54, 1.807) is 4.90 Å². The summed E-state index contributed by atoms with van der Waals surface area (Å²) in [4.78, 5) is 39.2. The van der Waals surface area contributed by atoms with Gasteiger partial charge in [0.05, 0.1) is 17.8 Å². The number of aromatic nitrogens is 5. The average Bonchev–Trinajstić information content (AvgIpc) is 3.68. The Kier molecular flexibility index (Phi) is 5.81. The van der Waals surface area contributed by atoms with Crippen molar-refractivity contribution < 1.29 is 14.3 Å². The highest BCUT2D eigenvalue weighted by molar-refractivity contribution is 6.10. The summed E-state index contributed by atoms with van der Waals surface area (Å²) < 4.78 is 7.51. The molecule has 6 rings (SSSR count). The molecular weight excluding hydrogens is 484 g/mol. The summed E-state index contributed by atoms with van der Waals surface area (Å²) in [7, 11) is 1.51. The van der Waals surface area contributed by atoms with E-state index >= 15 is 0 Å². The van der Waals surface area contributed by atoms with Crippen LogP contribution in [0.5, 0.6) is 0 Å². The number of anilines is 2. The van der Waals surface area contributed by atoms with Crippen molar-refractivity contribution in [3.05, 3.63) is 46.9 Å². The van der Waals surface area contributed by atoms with Crippen molar-refractivity contribution in [3.63, 3.8) is 0 Å². The summed E-state index contributed by atoms with van der Waals surface area (Å²) >= 11 is 0. The first kappa shape index (κ1) is 24.3. The van der Waals surface area contributed by atoms with E-state index in [2.05, 4.69) is 45.8 Å². The number of alkyl carbamates (subject to hydrolysis) is 1. The monoisotopic (exact) mass is 516 g/mol. The van der Waals surface area contributed by atoms with Gasteiger partial charge >= 0.3 is 6.09 Å². The van der Waals surface area contributed by atoms with Crippen LogP contribution in [0.25, 0.3) is 11.5 Å². The van der Waals surface area contributed by atoms with Gasteiger partial charge < -0.3 is 19.5 Å². The summed E-state index contributed by atoms with van der Waals surface area (Å²) in [5, 5.41) is 11.3. The predicted molar refractivity (Wildman–Crippen MR) is 141 cm³/mol. The van der Waals surface area contributed by atoms with Crippen molar-refractivity contribution >= 4 is 23.6 Å². The zero-order valence-corrected chi connectivity index (χ0v) is 22.2. The molecule has 3 aliphatic heterocycles. The van der Waals surface area contributed by atoms with E-state index in [0.29, 0.717) is 41.2 Å². The van der Waals surface area contributed by atoms with Crippen molar-refractivity contribution in [3.8, 4) is 11.5 Å². The lowest BCUT2D eigenvalue weighted by Crippen LogP contribution is -2.28. The van der Waals surface area contributed by atoms with E-state index in [4.69, 9.17) is 14.7 Å². The first-order chi connectivity index (χ1) is 18.3. The van der Waals surface area contributed by atoms with Gasteiger partial charge in [-0.25, -0.2) is 14.8 Å². The molecule has 11 heteroatoms. The van der Waals surface area contributed by atoms with Crippen molar-refractivity contribution in [1.82, 2.24) is 30.0 Å². The second-order valence-electron chi connectivity index (χ2n) is 10.8. The molecule has 38 heavy (non-hydrogen) atoms. The number of ether oxygens (including phenoxy) is 1. The molecular formula is C27H32N8O3. The van der Waals surface area contributed by atoms with Crippen LogP contribution in [0, 0.1) is 0 Å². The van der Waals surface area contributed by atoms with Crippen LogP contribution in [0.3, 0.4) is 0 Å². The zero-order chi connectivity index (χ0) is 26.6. The molecule has 1 atom stereocenters. The number of aryl methyl sites for hydroxylation is 1. The molecule has 0 unspecified atom stereocenters. The first-order valence-corrected chi connectivity index (χ1v) is 13.1. The van der Waals surface area contributed by atoms with Gasteiger partial charge in [-0.05, 0) is 58.2 Å². The molecule has 0 aromatic carbocycles. The first-order valence-electron chi connectivity index (χ1n) is 13.1. The smallest absolute Gasteiger partial charge is 0.407 e.